The first kappa shape index (κ1) is 20.1. The Hall–Kier alpha value is -3.79. The van der Waals surface area contributed by atoms with Crippen LogP contribution in [0.5, 0.6) is 0 Å². The molecule has 0 aliphatic carbocycles. The van der Waals surface area contributed by atoms with Crippen LogP contribution in [-0.2, 0) is 4.74 Å². The van der Waals surface area contributed by atoms with Crippen molar-refractivity contribution in [2.24, 2.45) is 0 Å². The van der Waals surface area contributed by atoms with Gasteiger partial charge in [-0.3, -0.25) is 0 Å². The lowest BCUT2D eigenvalue weighted by Gasteiger charge is -2.21. The summed E-state index contributed by atoms with van der Waals surface area (Å²) in [5.74, 6) is 0.668. The second-order valence-corrected chi connectivity index (χ2v) is 7.38. The average Bonchev–Trinajstić information content (AvgIpc) is 2.97. The van der Waals surface area contributed by atoms with Gasteiger partial charge in [0.05, 0.1) is 6.61 Å². The molecule has 4 aromatic rings. The second kappa shape index (κ2) is 8.75. The van der Waals surface area contributed by atoms with E-state index in [1.165, 1.54) is 24.3 Å². The largest absolute Gasteiger partial charge is 0.380 e. The van der Waals surface area contributed by atoms with Crippen LogP contribution in [0.15, 0.2) is 48.5 Å². The number of aromatic nitrogens is 4. The number of anilines is 5. The number of fused-ring (bicyclic) bond motifs is 1. The maximum Gasteiger partial charge on any atom is 0.231 e. The van der Waals surface area contributed by atoms with Gasteiger partial charge in [0.2, 0.25) is 11.9 Å². The fraction of sp³-hybridized carbons (Fsp3) is 0.227. The van der Waals surface area contributed by atoms with E-state index in [-0.39, 0.29) is 11.6 Å². The van der Waals surface area contributed by atoms with Gasteiger partial charge in [0.15, 0.2) is 11.5 Å². The summed E-state index contributed by atoms with van der Waals surface area (Å²) < 4.78 is 32.8. The van der Waals surface area contributed by atoms with Gasteiger partial charge >= 0.3 is 0 Å². The van der Waals surface area contributed by atoms with E-state index < -0.39 is 0 Å². The van der Waals surface area contributed by atoms with Crippen molar-refractivity contribution in [2.45, 2.75) is 6.42 Å². The lowest BCUT2D eigenvalue weighted by atomic mass is 10.3. The number of hydrogen-bond donors (Lipinski definition) is 3. The minimum atomic E-state index is -0.359. The van der Waals surface area contributed by atoms with Gasteiger partial charge in [-0.15, -0.1) is 0 Å². The number of nitrogens with one attached hydrogen (secondary N) is 3. The topological polar surface area (TPSA) is 91.0 Å². The SMILES string of the molecule is Fc1cccc(Nc2nc(N3CCCOCC3)c3[nH]c(Nc4cccc(F)c4)nc3n2)c1. The second-order valence-electron chi connectivity index (χ2n) is 7.38. The molecule has 1 aliphatic heterocycles. The summed E-state index contributed by atoms with van der Waals surface area (Å²) in [4.78, 5) is 19.0. The maximum absolute atomic E-state index is 13.6. The normalized spacial score (nSPS) is 14.4. The summed E-state index contributed by atoms with van der Waals surface area (Å²) in [5.41, 5.74) is 2.16. The molecule has 0 bridgehead atoms. The molecular formula is C22H21F2N7O. The molecule has 10 heteroatoms. The number of halogens is 2. The van der Waals surface area contributed by atoms with E-state index in [1.807, 2.05) is 0 Å². The first-order valence-corrected chi connectivity index (χ1v) is 10.3. The Morgan fingerprint density at radius 3 is 2.38 bits per heavy atom. The average molecular weight is 437 g/mol. The molecule has 3 N–H and O–H groups in total. The van der Waals surface area contributed by atoms with Gasteiger partial charge in [-0.1, -0.05) is 12.1 Å². The highest BCUT2D eigenvalue weighted by molar-refractivity contribution is 5.87. The highest BCUT2D eigenvalue weighted by atomic mass is 19.1. The summed E-state index contributed by atoms with van der Waals surface area (Å²) in [6.45, 7) is 2.70. The predicted molar refractivity (Wildman–Crippen MR) is 119 cm³/mol. The molecule has 0 atom stereocenters. The quantitative estimate of drug-likeness (QED) is 0.428. The molecule has 5 rings (SSSR count). The van der Waals surface area contributed by atoms with Crippen LogP contribution >= 0.6 is 0 Å². The molecule has 0 amide bonds. The van der Waals surface area contributed by atoms with Gasteiger partial charge < -0.3 is 25.3 Å². The number of nitrogens with zero attached hydrogens (tertiary/aromatic N) is 4. The van der Waals surface area contributed by atoms with E-state index >= 15 is 0 Å². The van der Waals surface area contributed by atoms with Crippen molar-refractivity contribution in [1.29, 1.82) is 0 Å². The van der Waals surface area contributed by atoms with Gasteiger partial charge in [0.25, 0.3) is 0 Å². The van der Waals surface area contributed by atoms with Crippen molar-refractivity contribution in [3.05, 3.63) is 60.2 Å². The minimum Gasteiger partial charge on any atom is -0.380 e. The minimum absolute atomic E-state index is 0.298. The summed E-state index contributed by atoms with van der Waals surface area (Å²) in [6.07, 6.45) is 0.862. The standard InChI is InChI=1S/C22H21F2N7O/c23-14-4-1-6-16(12-14)25-21-27-18-19(28-21)29-22(26-17-7-2-5-15(24)13-17)30-20(18)31-8-3-10-32-11-9-31/h1-2,4-7,12-13H,3,8-11H2,(H3,25,26,27,28,29,30). The number of H-pyrrole nitrogens is 1. The van der Waals surface area contributed by atoms with E-state index in [0.717, 1.165) is 13.0 Å². The Morgan fingerprint density at radius 2 is 1.62 bits per heavy atom. The highest BCUT2D eigenvalue weighted by Gasteiger charge is 2.20. The van der Waals surface area contributed by atoms with E-state index in [9.17, 15) is 8.78 Å². The Morgan fingerprint density at radius 1 is 0.875 bits per heavy atom. The molecular weight excluding hydrogens is 416 g/mol. The molecule has 1 saturated heterocycles. The third-order valence-electron chi connectivity index (χ3n) is 5.02. The molecule has 1 fully saturated rings. The molecule has 3 heterocycles. The first-order chi connectivity index (χ1) is 15.6. The van der Waals surface area contributed by atoms with Crippen molar-refractivity contribution in [2.75, 3.05) is 41.8 Å². The zero-order valence-electron chi connectivity index (χ0n) is 17.1. The maximum atomic E-state index is 13.6. The molecule has 164 valence electrons. The van der Waals surface area contributed by atoms with Crippen LogP contribution in [-0.4, -0.2) is 46.2 Å². The Bertz CT molecular complexity index is 1240. The Labute approximate surface area is 182 Å². The van der Waals surface area contributed by atoms with Gasteiger partial charge in [0.1, 0.15) is 17.2 Å². The lowest BCUT2D eigenvalue weighted by Crippen LogP contribution is -2.27. The van der Waals surface area contributed by atoms with Crippen molar-refractivity contribution in [3.8, 4) is 0 Å². The van der Waals surface area contributed by atoms with Gasteiger partial charge in [-0.25, -0.2) is 8.78 Å². The van der Waals surface area contributed by atoms with Crippen molar-refractivity contribution >= 4 is 40.3 Å². The summed E-state index contributed by atoms with van der Waals surface area (Å²) in [5, 5.41) is 6.12. The number of hydrogen-bond acceptors (Lipinski definition) is 7. The number of benzene rings is 2. The van der Waals surface area contributed by atoms with E-state index in [1.54, 1.807) is 24.3 Å². The Kier molecular flexibility index (Phi) is 5.51. The van der Waals surface area contributed by atoms with Crippen molar-refractivity contribution in [1.82, 2.24) is 19.9 Å². The molecule has 1 aliphatic rings. The highest BCUT2D eigenvalue weighted by Crippen LogP contribution is 2.28. The number of aromatic amines is 1. The lowest BCUT2D eigenvalue weighted by molar-refractivity contribution is 0.152. The number of rotatable bonds is 5. The van der Waals surface area contributed by atoms with Crippen molar-refractivity contribution in [3.63, 3.8) is 0 Å². The van der Waals surface area contributed by atoms with Crippen LogP contribution in [0.1, 0.15) is 6.42 Å². The van der Waals surface area contributed by atoms with Gasteiger partial charge in [-0.05, 0) is 42.8 Å². The molecule has 0 radical (unpaired) electrons. The summed E-state index contributed by atoms with van der Waals surface area (Å²) in [7, 11) is 0. The Balaban J connectivity index is 1.54. The molecule has 2 aromatic heterocycles. The van der Waals surface area contributed by atoms with Gasteiger partial charge in [-0.2, -0.15) is 15.0 Å². The van der Waals surface area contributed by atoms with Gasteiger partial charge in [0, 0.05) is 31.1 Å². The van der Waals surface area contributed by atoms with Crippen molar-refractivity contribution < 1.29 is 13.5 Å². The molecule has 0 saturated carbocycles. The molecule has 0 unspecified atom stereocenters. The zero-order valence-corrected chi connectivity index (χ0v) is 17.1. The number of ether oxygens (including phenoxy) is 1. The van der Waals surface area contributed by atoms with Crippen LogP contribution in [0.3, 0.4) is 0 Å². The molecule has 2 aromatic carbocycles. The van der Waals surface area contributed by atoms with Crippen LogP contribution < -0.4 is 15.5 Å². The molecule has 8 nitrogen and oxygen atoms in total. The molecule has 32 heavy (non-hydrogen) atoms. The van der Waals surface area contributed by atoms with E-state index in [2.05, 4.69) is 30.5 Å². The smallest absolute Gasteiger partial charge is 0.231 e. The number of imidazole rings is 1. The first-order valence-electron chi connectivity index (χ1n) is 10.3. The summed E-state index contributed by atoms with van der Waals surface area (Å²) in [6, 6.07) is 12.2. The fourth-order valence-electron chi connectivity index (χ4n) is 3.58. The third kappa shape index (κ3) is 4.45. The van der Waals surface area contributed by atoms with E-state index in [0.29, 0.717) is 60.0 Å². The zero-order chi connectivity index (χ0) is 21.9. The van der Waals surface area contributed by atoms with Crippen LogP contribution in [0, 0.1) is 11.6 Å². The van der Waals surface area contributed by atoms with Crippen LogP contribution in [0.4, 0.5) is 37.9 Å². The van der Waals surface area contributed by atoms with E-state index in [4.69, 9.17) is 9.72 Å². The van der Waals surface area contributed by atoms with Crippen LogP contribution in [0.2, 0.25) is 0 Å². The van der Waals surface area contributed by atoms with Crippen LogP contribution in [0.25, 0.3) is 11.2 Å². The molecule has 0 spiro atoms. The predicted octanol–water partition coefficient (Wildman–Crippen LogP) is 4.35. The fourth-order valence-corrected chi connectivity index (χ4v) is 3.58. The monoisotopic (exact) mass is 437 g/mol. The summed E-state index contributed by atoms with van der Waals surface area (Å²) >= 11 is 0. The third-order valence-corrected chi connectivity index (χ3v) is 5.02.